The number of carboxylic acids is 1. The summed E-state index contributed by atoms with van der Waals surface area (Å²) in [7, 11) is 0. The van der Waals surface area contributed by atoms with E-state index in [1.165, 1.54) is 6.07 Å². The third-order valence-electron chi connectivity index (χ3n) is 5.02. The topological polar surface area (TPSA) is 108 Å². The average molecular weight is 427 g/mol. The molecule has 1 aliphatic heterocycles. The predicted molar refractivity (Wildman–Crippen MR) is 122 cm³/mol. The predicted octanol–water partition coefficient (Wildman–Crippen LogP) is 3.64. The number of hydrogen-bond donors (Lipinski definition) is 3. The molecule has 2 aromatic rings. The molecule has 1 aliphatic rings. The summed E-state index contributed by atoms with van der Waals surface area (Å²) in [6, 6.07) is 12.8. The molecule has 1 fully saturated rings. The zero-order chi connectivity index (χ0) is 22.6. The molecule has 1 saturated heterocycles. The van der Waals surface area contributed by atoms with E-state index in [0.29, 0.717) is 25.3 Å². The number of carboxylic acid groups (broad SMARTS) is 1. The Morgan fingerprint density at radius 1 is 1.10 bits per heavy atom. The number of ether oxygens (including phenoxy) is 1. The van der Waals surface area contributed by atoms with E-state index in [9.17, 15) is 9.59 Å². The number of nitrogens with two attached hydrogens (primary N) is 1. The van der Waals surface area contributed by atoms with E-state index < -0.39 is 11.6 Å². The van der Waals surface area contributed by atoms with E-state index in [4.69, 9.17) is 15.6 Å². The monoisotopic (exact) mass is 426 g/mol. The van der Waals surface area contributed by atoms with E-state index in [-0.39, 0.29) is 11.7 Å². The third-order valence-corrected chi connectivity index (χ3v) is 5.02. The number of amides is 1. The van der Waals surface area contributed by atoms with Crippen LogP contribution in [-0.4, -0.2) is 53.8 Å². The van der Waals surface area contributed by atoms with Crippen LogP contribution in [0.25, 0.3) is 0 Å². The Morgan fingerprint density at radius 3 is 2.42 bits per heavy atom. The van der Waals surface area contributed by atoms with Crippen molar-refractivity contribution in [3.63, 3.8) is 0 Å². The smallest absolute Gasteiger partial charge is 0.410 e. The summed E-state index contributed by atoms with van der Waals surface area (Å²) in [5.74, 6) is -0.995. The summed E-state index contributed by atoms with van der Waals surface area (Å²) in [5, 5.41) is 12.4. The molecule has 8 nitrogen and oxygen atoms in total. The Bertz CT molecular complexity index is 947. The van der Waals surface area contributed by atoms with Gasteiger partial charge in [0.1, 0.15) is 5.60 Å². The molecule has 0 radical (unpaired) electrons. The highest BCUT2D eigenvalue weighted by Crippen LogP contribution is 2.23. The van der Waals surface area contributed by atoms with Crippen LogP contribution in [0, 0.1) is 0 Å². The normalized spacial score (nSPS) is 14.3. The molecule has 0 atom stereocenters. The zero-order valence-corrected chi connectivity index (χ0v) is 18.2. The van der Waals surface area contributed by atoms with Crippen LogP contribution >= 0.6 is 0 Å². The second kappa shape index (κ2) is 9.16. The van der Waals surface area contributed by atoms with Gasteiger partial charge in [-0.25, -0.2) is 9.59 Å². The van der Waals surface area contributed by atoms with E-state index in [2.05, 4.69) is 16.3 Å². The van der Waals surface area contributed by atoms with E-state index >= 15 is 0 Å². The first-order valence-corrected chi connectivity index (χ1v) is 10.3. The maximum absolute atomic E-state index is 12.2. The van der Waals surface area contributed by atoms with Gasteiger partial charge in [-0.15, -0.1) is 0 Å². The lowest BCUT2D eigenvalue weighted by atomic mass is 10.1. The van der Waals surface area contributed by atoms with Gasteiger partial charge in [0.05, 0.1) is 5.56 Å². The summed E-state index contributed by atoms with van der Waals surface area (Å²) >= 11 is 0. The van der Waals surface area contributed by atoms with Crippen LogP contribution in [0.2, 0.25) is 0 Å². The number of rotatable bonds is 5. The summed E-state index contributed by atoms with van der Waals surface area (Å²) in [6.07, 6.45) is -0.269. The maximum atomic E-state index is 12.2. The quantitative estimate of drug-likeness (QED) is 0.627. The van der Waals surface area contributed by atoms with Crippen LogP contribution in [0.15, 0.2) is 42.5 Å². The van der Waals surface area contributed by atoms with Crippen LogP contribution in [0.4, 0.5) is 21.9 Å². The minimum absolute atomic E-state index is 0.175. The number of hydrogen-bond acceptors (Lipinski definition) is 6. The highest BCUT2D eigenvalue weighted by Gasteiger charge is 2.26. The third kappa shape index (κ3) is 6.04. The van der Waals surface area contributed by atoms with Crippen molar-refractivity contribution in [3.8, 4) is 0 Å². The van der Waals surface area contributed by atoms with E-state index in [1.807, 2.05) is 39.0 Å². The largest absolute Gasteiger partial charge is 0.478 e. The van der Waals surface area contributed by atoms with Crippen molar-refractivity contribution in [2.75, 3.05) is 42.1 Å². The maximum Gasteiger partial charge on any atom is 0.410 e. The lowest BCUT2D eigenvalue weighted by molar-refractivity contribution is 0.0240. The Balaban J connectivity index is 1.57. The van der Waals surface area contributed by atoms with Crippen molar-refractivity contribution < 1.29 is 19.4 Å². The number of nitrogens with zero attached hydrogens (tertiary/aromatic N) is 2. The van der Waals surface area contributed by atoms with Gasteiger partial charge in [-0.2, -0.15) is 0 Å². The summed E-state index contributed by atoms with van der Waals surface area (Å²) in [6.45, 7) is 8.77. The average Bonchev–Trinajstić information content (AvgIpc) is 2.72. The number of nitrogens with one attached hydrogen (secondary N) is 1. The Hall–Kier alpha value is -3.42. The van der Waals surface area contributed by atoms with Crippen molar-refractivity contribution >= 4 is 29.1 Å². The van der Waals surface area contributed by atoms with Crippen molar-refractivity contribution in [2.45, 2.75) is 32.9 Å². The van der Waals surface area contributed by atoms with Crippen molar-refractivity contribution in [1.29, 1.82) is 0 Å². The number of carbonyl (C=O) groups excluding carboxylic acids is 1. The van der Waals surface area contributed by atoms with Gasteiger partial charge in [-0.3, -0.25) is 0 Å². The molecule has 0 spiro atoms. The molecule has 0 bridgehead atoms. The Morgan fingerprint density at radius 2 is 1.81 bits per heavy atom. The summed E-state index contributed by atoms with van der Waals surface area (Å²) in [4.78, 5) is 27.3. The Kier molecular flexibility index (Phi) is 6.58. The number of nitrogen functional groups attached to an aromatic ring is 1. The van der Waals surface area contributed by atoms with Crippen LogP contribution in [0.3, 0.4) is 0 Å². The first-order chi connectivity index (χ1) is 14.6. The fraction of sp³-hybridized carbons (Fsp3) is 0.391. The minimum atomic E-state index is -0.995. The molecule has 1 heterocycles. The first-order valence-electron chi connectivity index (χ1n) is 10.3. The number of benzene rings is 2. The highest BCUT2D eigenvalue weighted by molar-refractivity contribution is 5.89. The number of carbonyl (C=O) groups is 2. The van der Waals surface area contributed by atoms with Gasteiger partial charge in [0.15, 0.2) is 0 Å². The first kappa shape index (κ1) is 22.3. The molecule has 0 saturated carbocycles. The Labute approximate surface area is 182 Å². The van der Waals surface area contributed by atoms with Crippen molar-refractivity contribution in [2.24, 2.45) is 0 Å². The van der Waals surface area contributed by atoms with Gasteiger partial charge in [0, 0.05) is 49.8 Å². The van der Waals surface area contributed by atoms with Gasteiger partial charge in [0.25, 0.3) is 0 Å². The lowest BCUT2D eigenvalue weighted by Gasteiger charge is -2.36. The fourth-order valence-corrected chi connectivity index (χ4v) is 3.37. The standard InChI is InChI=1S/C23H30N4O4/c1-23(2,3)31-22(30)27-11-9-26(10-12-27)19-6-4-5-18(14-19)25-15-17-8-7-16(21(28)29)13-20(17)24/h4-8,13-14,25H,9-12,15,24H2,1-3H3,(H,28,29). The molecule has 0 aliphatic carbocycles. The summed E-state index contributed by atoms with van der Waals surface area (Å²) < 4.78 is 5.46. The van der Waals surface area contributed by atoms with Crippen LogP contribution < -0.4 is 16.0 Å². The molecule has 0 aromatic heterocycles. The molecule has 8 heteroatoms. The van der Waals surface area contributed by atoms with E-state index in [0.717, 1.165) is 30.0 Å². The van der Waals surface area contributed by atoms with Crippen LogP contribution in [-0.2, 0) is 11.3 Å². The highest BCUT2D eigenvalue weighted by atomic mass is 16.6. The minimum Gasteiger partial charge on any atom is -0.478 e. The van der Waals surface area contributed by atoms with Gasteiger partial charge in [0.2, 0.25) is 0 Å². The molecule has 2 aromatic carbocycles. The van der Waals surface area contributed by atoms with Gasteiger partial charge < -0.3 is 30.7 Å². The number of piperazine rings is 1. The molecular formula is C23H30N4O4. The second-order valence-electron chi connectivity index (χ2n) is 8.58. The SMILES string of the molecule is CC(C)(C)OC(=O)N1CCN(c2cccc(NCc3ccc(C(=O)O)cc3N)c2)CC1. The van der Waals surface area contributed by atoms with E-state index in [1.54, 1.807) is 17.0 Å². The molecule has 4 N–H and O–H groups in total. The molecule has 1 amide bonds. The second-order valence-corrected chi connectivity index (χ2v) is 8.58. The van der Waals surface area contributed by atoms with Gasteiger partial charge in [-0.05, 0) is 56.7 Å². The fourth-order valence-electron chi connectivity index (χ4n) is 3.37. The van der Waals surface area contributed by atoms with Gasteiger partial charge >= 0.3 is 12.1 Å². The molecule has 0 unspecified atom stereocenters. The molecular weight excluding hydrogens is 396 g/mol. The van der Waals surface area contributed by atoms with Crippen molar-refractivity contribution in [1.82, 2.24) is 4.90 Å². The lowest BCUT2D eigenvalue weighted by Crippen LogP contribution is -2.50. The van der Waals surface area contributed by atoms with Crippen molar-refractivity contribution in [3.05, 3.63) is 53.6 Å². The zero-order valence-electron chi connectivity index (χ0n) is 18.2. The van der Waals surface area contributed by atoms with Crippen LogP contribution in [0.1, 0.15) is 36.7 Å². The van der Waals surface area contributed by atoms with Gasteiger partial charge in [-0.1, -0.05) is 12.1 Å². The molecule has 3 rings (SSSR count). The number of anilines is 3. The molecule has 166 valence electrons. The van der Waals surface area contributed by atoms with Crippen LogP contribution in [0.5, 0.6) is 0 Å². The summed E-state index contributed by atoms with van der Waals surface area (Å²) in [5.41, 5.74) is 8.96. The number of aromatic carboxylic acids is 1. The molecule has 31 heavy (non-hydrogen) atoms.